The molecule has 37 heavy (non-hydrogen) atoms. The summed E-state index contributed by atoms with van der Waals surface area (Å²) in [5, 5.41) is 4.19. The zero-order valence-corrected chi connectivity index (χ0v) is 21.0. The Labute approximate surface area is 221 Å². The Morgan fingerprint density at radius 1 is 0.784 bits per heavy atom. The molecule has 1 N–H and O–H groups in total. The normalized spacial score (nSPS) is 17.0. The molecule has 2 atom stereocenters. The number of anilines is 1. The molecule has 1 fully saturated rings. The van der Waals surface area contributed by atoms with Crippen LogP contribution in [-0.2, 0) is 0 Å². The smallest absolute Gasteiger partial charge is 0.174 e. The van der Waals surface area contributed by atoms with Gasteiger partial charge in [0.05, 0.1) is 23.6 Å². The van der Waals surface area contributed by atoms with Crippen LogP contribution in [-0.4, -0.2) is 19.6 Å². The van der Waals surface area contributed by atoms with Gasteiger partial charge in [0.1, 0.15) is 17.5 Å². The number of benzene rings is 2. The number of pyridine rings is 2. The van der Waals surface area contributed by atoms with Gasteiger partial charge in [-0.3, -0.25) is 9.97 Å². The third kappa shape index (κ3) is 4.45. The SMILES string of the molecule is Cc1ccc([C@@H]2[C@@H](c3ccccn3)NC(=S)N2c2ccc(Oc3ccccc3)cc2)n1-c1cccnc1. The summed E-state index contributed by atoms with van der Waals surface area (Å²) in [6.45, 7) is 2.10. The standard InChI is InChI=1S/C30H25N5OS/c1-21-12-17-27(34(21)23-8-7-18-31-20-23)29-28(26-11-5-6-19-32-26)33-30(37)35(29)22-13-15-25(16-14-22)36-24-9-3-2-4-10-24/h2-20,28-29H,1H3,(H,33,37)/t28-,29-/m1/s1. The van der Waals surface area contributed by atoms with Crippen molar-refractivity contribution in [1.29, 1.82) is 0 Å². The number of hydrogen-bond donors (Lipinski definition) is 1. The average molecular weight is 504 g/mol. The molecule has 182 valence electrons. The van der Waals surface area contributed by atoms with Gasteiger partial charge < -0.3 is 19.5 Å². The summed E-state index contributed by atoms with van der Waals surface area (Å²) in [4.78, 5) is 11.2. The molecule has 5 aromatic rings. The predicted molar refractivity (Wildman–Crippen MR) is 149 cm³/mol. The number of ether oxygens (including phenoxy) is 1. The number of aromatic nitrogens is 3. The maximum atomic E-state index is 6.02. The second-order valence-electron chi connectivity index (χ2n) is 8.85. The van der Waals surface area contributed by atoms with E-state index in [0.717, 1.165) is 40.0 Å². The Bertz CT molecular complexity index is 1500. The lowest BCUT2D eigenvalue weighted by molar-refractivity contribution is 0.482. The zero-order chi connectivity index (χ0) is 25.2. The van der Waals surface area contributed by atoms with Crippen LogP contribution in [0.1, 0.15) is 29.2 Å². The number of hydrogen-bond acceptors (Lipinski definition) is 4. The fourth-order valence-corrected chi connectivity index (χ4v) is 5.21. The molecule has 0 saturated carbocycles. The number of para-hydroxylation sites is 1. The summed E-state index contributed by atoms with van der Waals surface area (Å²) in [5.74, 6) is 1.56. The van der Waals surface area contributed by atoms with Crippen LogP contribution in [0.3, 0.4) is 0 Å². The molecule has 0 aliphatic carbocycles. The first-order valence-corrected chi connectivity index (χ1v) is 12.5. The van der Waals surface area contributed by atoms with Crippen molar-refractivity contribution < 1.29 is 4.74 Å². The minimum Gasteiger partial charge on any atom is -0.457 e. The first-order valence-electron chi connectivity index (χ1n) is 12.1. The largest absolute Gasteiger partial charge is 0.457 e. The van der Waals surface area contributed by atoms with Crippen molar-refractivity contribution in [3.05, 3.63) is 133 Å². The summed E-state index contributed by atoms with van der Waals surface area (Å²) < 4.78 is 8.26. The van der Waals surface area contributed by atoms with Gasteiger partial charge in [0, 0.05) is 29.5 Å². The first-order chi connectivity index (χ1) is 18.2. The molecule has 2 aromatic carbocycles. The summed E-state index contributed by atoms with van der Waals surface area (Å²) in [6, 6.07) is 31.8. The second kappa shape index (κ2) is 9.87. The highest BCUT2D eigenvalue weighted by atomic mass is 32.1. The van der Waals surface area contributed by atoms with Gasteiger partial charge in [-0.25, -0.2) is 0 Å². The Hall–Kier alpha value is -4.49. The van der Waals surface area contributed by atoms with Crippen LogP contribution in [0, 0.1) is 6.92 Å². The summed E-state index contributed by atoms with van der Waals surface area (Å²) in [6.07, 6.45) is 5.49. The molecular weight excluding hydrogens is 478 g/mol. The van der Waals surface area contributed by atoms with Crippen LogP contribution in [0.5, 0.6) is 11.5 Å². The van der Waals surface area contributed by atoms with Crippen LogP contribution < -0.4 is 15.0 Å². The van der Waals surface area contributed by atoms with Gasteiger partial charge in [-0.05, 0) is 91.9 Å². The van der Waals surface area contributed by atoms with Gasteiger partial charge in [-0.2, -0.15) is 0 Å². The zero-order valence-electron chi connectivity index (χ0n) is 20.2. The van der Waals surface area contributed by atoms with Crippen LogP contribution in [0.2, 0.25) is 0 Å². The molecular formula is C30H25N5OS. The number of nitrogens with zero attached hydrogens (tertiary/aromatic N) is 4. The van der Waals surface area contributed by atoms with E-state index in [1.165, 1.54) is 0 Å². The number of thiocarbonyl (C=S) groups is 1. The van der Waals surface area contributed by atoms with Gasteiger partial charge in [0.15, 0.2) is 5.11 Å². The van der Waals surface area contributed by atoms with Crippen LogP contribution in [0.4, 0.5) is 5.69 Å². The molecule has 3 aromatic heterocycles. The van der Waals surface area contributed by atoms with E-state index in [4.69, 9.17) is 17.0 Å². The predicted octanol–water partition coefficient (Wildman–Crippen LogP) is 6.55. The van der Waals surface area contributed by atoms with Crippen LogP contribution >= 0.6 is 12.2 Å². The lowest BCUT2D eigenvalue weighted by atomic mass is 10.0. The Morgan fingerprint density at radius 2 is 1.57 bits per heavy atom. The second-order valence-corrected chi connectivity index (χ2v) is 9.24. The highest BCUT2D eigenvalue weighted by Gasteiger charge is 2.42. The molecule has 0 bridgehead atoms. The van der Waals surface area contributed by atoms with E-state index in [1.54, 1.807) is 6.20 Å². The Balaban J connectivity index is 1.42. The molecule has 0 spiro atoms. The molecule has 4 heterocycles. The van der Waals surface area contributed by atoms with E-state index in [1.807, 2.05) is 91.3 Å². The van der Waals surface area contributed by atoms with E-state index in [9.17, 15) is 0 Å². The lowest BCUT2D eigenvalue weighted by Gasteiger charge is -2.29. The summed E-state index contributed by atoms with van der Waals surface area (Å²) in [7, 11) is 0. The highest BCUT2D eigenvalue weighted by Crippen LogP contribution is 2.43. The molecule has 1 aliphatic rings. The number of aryl methyl sites for hydroxylation is 1. The van der Waals surface area contributed by atoms with Gasteiger partial charge in [0.2, 0.25) is 0 Å². The molecule has 0 radical (unpaired) electrons. The Kier molecular flexibility index (Phi) is 6.12. The van der Waals surface area contributed by atoms with Crippen molar-refractivity contribution in [3.63, 3.8) is 0 Å². The van der Waals surface area contributed by atoms with E-state index < -0.39 is 0 Å². The molecule has 0 amide bonds. The van der Waals surface area contributed by atoms with Crippen LogP contribution in [0.25, 0.3) is 5.69 Å². The van der Waals surface area contributed by atoms with Gasteiger partial charge in [-0.1, -0.05) is 24.3 Å². The maximum absolute atomic E-state index is 6.02. The summed E-state index contributed by atoms with van der Waals surface area (Å²) in [5.41, 5.74) is 5.12. The average Bonchev–Trinajstić information content (AvgIpc) is 3.50. The van der Waals surface area contributed by atoms with Crippen molar-refractivity contribution in [3.8, 4) is 17.2 Å². The molecule has 7 heteroatoms. The quantitative estimate of drug-likeness (QED) is 0.265. The topological polar surface area (TPSA) is 55.2 Å². The van der Waals surface area contributed by atoms with E-state index in [0.29, 0.717) is 5.11 Å². The van der Waals surface area contributed by atoms with Crippen molar-refractivity contribution in [2.45, 2.75) is 19.0 Å². The number of rotatable bonds is 6. The minimum atomic E-state index is -0.141. The number of nitrogens with one attached hydrogen (secondary N) is 1. The fraction of sp³-hybridized carbons (Fsp3) is 0.100. The van der Waals surface area contributed by atoms with Gasteiger partial charge in [-0.15, -0.1) is 0 Å². The molecule has 1 aliphatic heterocycles. The van der Waals surface area contributed by atoms with Crippen molar-refractivity contribution in [2.75, 3.05) is 4.90 Å². The van der Waals surface area contributed by atoms with Crippen molar-refractivity contribution in [2.24, 2.45) is 0 Å². The molecule has 6 rings (SSSR count). The first kappa shape index (κ1) is 22.9. The maximum Gasteiger partial charge on any atom is 0.174 e. The molecule has 1 saturated heterocycles. The van der Waals surface area contributed by atoms with Crippen LogP contribution in [0.15, 0.2) is 116 Å². The van der Waals surface area contributed by atoms with Crippen molar-refractivity contribution >= 4 is 23.0 Å². The Morgan fingerprint density at radius 3 is 2.30 bits per heavy atom. The van der Waals surface area contributed by atoms with E-state index in [2.05, 4.69) is 49.9 Å². The van der Waals surface area contributed by atoms with E-state index >= 15 is 0 Å². The molecule has 6 nitrogen and oxygen atoms in total. The minimum absolute atomic E-state index is 0.140. The fourth-order valence-electron chi connectivity index (χ4n) is 4.86. The molecule has 0 unspecified atom stereocenters. The monoisotopic (exact) mass is 503 g/mol. The van der Waals surface area contributed by atoms with Gasteiger partial charge >= 0.3 is 0 Å². The van der Waals surface area contributed by atoms with Crippen molar-refractivity contribution in [1.82, 2.24) is 19.9 Å². The summed E-state index contributed by atoms with van der Waals surface area (Å²) >= 11 is 5.92. The van der Waals surface area contributed by atoms with E-state index in [-0.39, 0.29) is 12.1 Å². The highest BCUT2D eigenvalue weighted by molar-refractivity contribution is 7.80. The lowest BCUT2D eigenvalue weighted by Crippen LogP contribution is -2.30. The third-order valence-electron chi connectivity index (χ3n) is 6.51. The third-order valence-corrected chi connectivity index (χ3v) is 6.82. The van der Waals surface area contributed by atoms with Gasteiger partial charge in [0.25, 0.3) is 0 Å².